The van der Waals surface area contributed by atoms with Gasteiger partial charge in [-0.25, -0.2) is 4.79 Å². The highest BCUT2D eigenvalue weighted by molar-refractivity contribution is 5.89. The number of rotatable bonds is 6. The number of carboxylic acids is 1. The third kappa shape index (κ3) is 4.34. The first-order chi connectivity index (χ1) is 11.4. The van der Waals surface area contributed by atoms with Crippen molar-refractivity contribution in [2.45, 2.75) is 39.2 Å². The molecule has 1 unspecified atom stereocenters. The van der Waals surface area contributed by atoms with E-state index in [9.17, 15) is 19.5 Å². The molecule has 1 aliphatic rings. The molecule has 0 saturated carbocycles. The van der Waals surface area contributed by atoms with Crippen LogP contribution < -0.4 is 5.32 Å². The first-order valence-corrected chi connectivity index (χ1v) is 8.27. The molecule has 24 heavy (non-hydrogen) atoms. The van der Waals surface area contributed by atoms with Gasteiger partial charge in [0, 0.05) is 13.0 Å². The van der Waals surface area contributed by atoms with Crippen LogP contribution in [0.15, 0.2) is 24.3 Å². The predicted octanol–water partition coefficient (Wildman–Crippen LogP) is 1.75. The van der Waals surface area contributed by atoms with Gasteiger partial charge in [-0.15, -0.1) is 0 Å². The van der Waals surface area contributed by atoms with Gasteiger partial charge in [-0.05, 0) is 29.9 Å². The maximum atomic E-state index is 12.4. The van der Waals surface area contributed by atoms with E-state index in [2.05, 4.69) is 5.32 Å². The Morgan fingerprint density at radius 3 is 2.67 bits per heavy atom. The summed E-state index contributed by atoms with van der Waals surface area (Å²) in [6.07, 6.45) is 1.75. The summed E-state index contributed by atoms with van der Waals surface area (Å²) in [7, 11) is 0. The summed E-state index contributed by atoms with van der Waals surface area (Å²) < 4.78 is 0. The number of fused-ring (bicyclic) bond motifs is 1. The van der Waals surface area contributed by atoms with E-state index in [-0.39, 0.29) is 18.4 Å². The molecule has 0 spiro atoms. The standard InChI is InChI=1S/C18H24N2O4/c1-12(2)7-8-15(21)19-11-16(22)20-10-9-13-5-3-4-6-14(13)17(20)18(23)24/h3-6,12,17H,7-11H2,1-2H3,(H,19,21)(H,23,24). The van der Waals surface area contributed by atoms with E-state index in [4.69, 9.17) is 0 Å². The van der Waals surface area contributed by atoms with Gasteiger partial charge in [0.05, 0.1) is 6.54 Å². The summed E-state index contributed by atoms with van der Waals surface area (Å²) in [5.41, 5.74) is 1.60. The van der Waals surface area contributed by atoms with Crippen LogP contribution in [0.4, 0.5) is 0 Å². The lowest BCUT2D eigenvalue weighted by Gasteiger charge is -2.34. The van der Waals surface area contributed by atoms with Crippen molar-refractivity contribution in [2.75, 3.05) is 13.1 Å². The Labute approximate surface area is 141 Å². The lowest BCUT2D eigenvalue weighted by Crippen LogP contribution is -2.47. The van der Waals surface area contributed by atoms with Crippen LogP contribution in [0.3, 0.4) is 0 Å². The second-order valence-electron chi connectivity index (χ2n) is 6.49. The minimum atomic E-state index is -1.05. The number of carbonyl (C=O) groups excluding carboxylic acids is 2. The zero-order valence-corrected chi connectivity index (χ0v) is 14.1. The van der Waals surface area contributed by atoms with Crippen LogP contribution in [0.1, 0.15) is 43.9 Å². The molecule has 2 rings (SSSR count). The number of carbonyl (C=O) groups is 3. The Morgan fingerprint density at radius 1 is 1.29 bits per heavy atom. The highest BCUT2D eigenvalue weighted by atomic mass is 16.4. The lowest BCUT2D eigenvalue weighted by atomic mass is 9.92. The van der Waals surface area contributed by atoms with E-state index in [1.807, 2.05) is 26.0 Å². The summed E-state index contributed by atoms with van der Waals surface area (Å²) in [5, 5.41) is 12.1. The van der Waals surface area contributed by atoms with E-state index in [1.54, 1.807) is 12.1 Å². The highest BCUT2D eigenvalue weighted by Gasteiger charge is 2.35. The molecule has 1 atom stereocenters. The molecule has 130 valence electrons. The smallest absolute Gasteiger partial charge is 0.331 e. The summed E-state index contributed by atoms with van der Waals surface area (Å²) in [6.45, 7) is 4.24. The largest absolute Gasteiger partial charge is 0.479 e. The quantitative estimate of drug-likeness (QED) is 0.831. The first kappa shape index (κ1) is 18.0. The van der Waals surface area contributed by atoms with Crippen LogP contribution in [-0.2, 0) is 20.8 Å². The van der Waals surface area contributed by atoms with Crippen molar-refractivity contribution in [3.63, 3.8) is 0 Å². The fraction of sp³-hybridized carbons (Fsp3) is 0.500. The van der Waals surface area contributed by atoms with Gasteiger partial charge in [0.1, 0.15) is 0 Å². The van der Waals surface area contributed by atoms with Crippen molar-refractivity contribution < 1.29 is 19.5 Å². The van der Waals surface area contributed by atoms with Crippen molar-refractivity contribution in [3.05, 3.63) is 35.4 Å². The molecule has 6 nitrogen and oxygen atoms in total. The van der Waals surface area contributed by atoms with Crippen molar-refractivity contribution in [1.29, 1.82) is 0 Å². The van der Waals surface area contributed by atoms with Crippen LogP contribution in [0.5, 0.6) is 0 Å². The molecule has 2 amide bonds. The number of amides is 2. The van der Waals surface area contributed by atoms with Crippen LogP contribution >= 0.6 is 0 Å². The molecule has 0 bridgehead atoms. The fourth-order valence-electron chi connectivity index (χ4n) is 2.89. The normalized spacial score (nSPS) is 16.6. The number of nitrogens with one attached hydrogen (secondary N) is 1. The third-order valence-electron chi connectivity index (χ3n) is 4.22. The summed E-state index contributed by atoms with van der Waals surface area (Å²) in [4.78, 5) is 37.2. The number of hydrogen-bond donors (Lipinski definition) is 2. The average molecular weight is 332 g/mol. The van der Waals surface area contributed by atoms with Gasteiger partial charge >= 0.3 is 5.97 Å². The second kappa shape index (κ2) is 7.95. The van der Waals surface area contributed by atoms with Crippen molar-refractivity contribution in [2.24, 2.45) is 5.92 Å². The molecule has 0 fully saturated rings. The Morgan fingerprint density at radius 2 is 2.00 bits per heavy atom. The van der Waals surface area contributed by atoms with E-state index < -0.39 is 12.0 Å². The number of benzene rings is 1. The van der Waals surface area contributed by atoms with Gasteiger partial charge in [0.15, 0.2) is 6.04 Å². The molecule has 0 radical (unpaired) electrons. The molecule has 1 heterocycles. The van der Waals surface area contributed by atoms with Gasteiger partial charge in [-0.1, -0.05) is 38.1 Å². The van der Waals surface area contributed by atoms with E-state index in [0.29, 0.717) is 30.9 Å². The number of aliphatic carboxylic acids is 1. The Balaban J connectivity index is 2.01. The number of carboxylic acid groups (broad SMARTS) is 1. The minimum Gasteiger partial charge on any atom is -0.479 e. The Kier molecular flexibility index (Phi) is 5.95. The molecule has 0 aromatic heterocycles. The molecule has 0 aliphatic carbocycles. The second-order valence-corrected chi connectivity index (χ2v) is 6.49. The maximum Gasteiger partial charge on any atom is 0.331 e. The predicted molar refractivity (Wildman–Crippen MR) is 89.3 cm³/mol. The molecule has 1 aliphatic heterocycles. The average Bonchev–Trinajstić information content (AvgIpc) is 2.56. The molecule has 6 heteroatoms. The topological polar surface area (TPSA) is 86.7 Å². The van der Waals surface area contributed by atoms with Gasteiger partial charge in [-0.3, -0.25) is 9.59 Å². The zero-order chi connectivity index (χ0) is 17.7. The summed E-state index contributed by atoms with van der Waals surface area (Å²) in [6, 6.07) is 6.28. The van der Waals surface area contributed by atoms with Gasteiger partial charge in [0.25, 0.3) is 0 Å². The van der Waals surface area contributed by atoms with Crippen molar-refractivity contribution >= 4 is 17.8 Å². The summed E-state index contributed by atoms with van der Waals surface area (Å²) >= 11 is 0. The fourth-order valence-corrected chi connectivity index (χ4v) is 2.89. The molecule has 0 saturated heterocycles. The molecule has 1 aromatic carbocycles. The Hall–Kier alpha value is -2.37. The first-order valence-electron chi connectivity index (χ1n) is 8.27. The monoisotopic (exact) mass is 332 g/mol. The van der Waals surface area contributed by atoms with E-state index in [0.717, 1.165) is 12.0 Å². The van der Waals surface area contributed by atoms with Crippen molar-refractivity contribution in [1.82, 2.24) is 10.2 Å². The minimum absolute atomic E-state index is 0.164. The zero-order valence-electron chi connectivity index (χ0n) is 14.1. The van der Waals surface area contributed by atoms with Gasteiger partial charge < -0.3 is 15.3 Å². The summed E-state index contributed by atoms with van der Waals surface area (Å²) in [5.74, 6) is -1.18. The molecular weight excluding hydrogens is 308 g/mol. The molecular formula is C18H24N2O4. The molecule has 2 N–H and O–H groups in total. The number of hydrogen-bond acceptors (Lipinski definition) is 3. The van der Waals surface area contributed by atoms with Crippen LogP contribution in [0.2, 0.25) is 0 Å². The van der Waals surface area contributed by atoms with Gasteiger partial charge in [0.2, 0.25) is 11.8 Å². The van der Waals surface area contributed by atoms with Crippen LogP contribution in [0.25, 0.3) is 0 Å². The number of nitrogens with zero attached hydrogens (tertiary/aromatic N) is 1. The van der Waals surface area contributed by atoms with E-state index in [1.165, 1.54) is 4.90 Å². The Bertz CT molecular complexity index is 627. The molecule has 1 aromatic rings. The van der Waals surface area contributed by atoms with Crippen LogP contribution in [-0.4, -0.2) is 40.9 Å². The van der Waals surface area contributed by atoms with E-state index >= 15 is 0 Å². The third-order valence-corrected chi connectivity index (χ3v) is 4.22. The maximum absolute atomic E-state index is 12.4. The lowest BCUT2D eigenvalue weighted by molar-refractivity contribution is -0.151. The van der Waals surface area contributed by atoms with Gasteiger partial charge in [-0.2, -0.15) is 0 Å². The highest BCUT2D eigenvalue weighted by Crippen LogP contribution is 2.29. The van der Waals surface area contributed by atoms with Crippen LogP contribution in [0, 0.1) is 5.92 Å². The SMILES string of the molecule is CC(C)CCC(=O)NCC(=O)N1CCc2ccccc2C1C(=O)O. The van der Waals surface area contributed by atoms with Crippen molar-refractivity contribution in [3.8, 4) is 0 Å².